The second-order valence-electron chi connectivity index (χ2n) is 8.15. The van der Waals surface area contributed by atoms with Crippen LogP contribution in [0.15, 0.2) is 48.5 Å². The van der Waals surface area contributed by atoms with Crippen LogP contribution in [0.3, 0.4) is 0 Å². The Balaban J connectivity index is 2.07. The van der Waals surface area contributed by atoms with Crippen LogP contribution in [0.5, 0.6) is 0 Å². The third-order valence-corrected chi connectivity index (χ3v) is 5.18. The number of benzene rings is 2. The Morgan fingerprint density at radius 3 is 2.14 bits per heavy atom. The van der Waals surface area contributed by atoms with Gasteiger partial charge in [0.05, 0.1) is 6.04 Å². The number of carbonyl (C=O) groups excluding carboxylic acids is 2. The number of nitrogens with one attached hydrogen (secondary N) is 2. The SMILES string of the molecule is Cc1ccc(C(CNC(=O)C(NC(=O)c2ccccc2C)C(C)C)N(C)C)cc1. The highest BCUT2D eigenvalue weighted by molar-refractivity contribution is 5.98. The number of rotatable bonds is 8. The van der Waals surface area contributed by atoms with E-state index in [4.69, 9.17) is 0 Å². The lowest BCUT2D eigenvalue weighted by Gasteiger charge is -2.27. The number of likely N-dealkylation sites (N-methyl/N-ethyl adjacent to an activating group) is 1. The van der Waals surface area contributed by atoms with E-state index in [1.807, 2.05) is 53.1 Å². The Bertz CT molecular complexity index is 828. The first-order valence-electron chi connectivity index (χ1n) is 10.1. The molecule has 2 aromatic carbocycles. The summed E-state index contributed by atoms with van der Waals surface area (Å²) < 4.78 is 0. The van der Waals surface area contributed by atoms with Crippen molar-refractivity contribution in [2.24, 2.45) is 5.92 Å². The predicted molar refractivity (Wildman–Crippen MR) is 118 cm³/mol. The molecule has 2 rings (SSSR count). The molecule has 0 saturated carbocycles. The molecule has 0 radical (unpaired) electrons. The zero-order valence-corrected chi connectivity index (χ0v) is 18.3. The molecule has 2 amide bonds. The van der Waals surface area contributed by atoms with Gasteiger partial charge in [0.25, 0.3) is 5.91 Å². The zero-order chi connectivity index (χ0) is 21.6. The molecule has 2 atom stereocenters. The van der Waals surface area contributed by atoms with Crippen LogP contribution < -0.4 is 10.6 Å². The van der Waals surface area contributed by atoms with Crippen molar-refractivity contribution in [3.05, 3.63) is 70.8 Å². The summed E-state index contributed by atoms with van der Waals surface area (Å²) in [6, 6.07) is 15.2. The fourth-order valence-electron chi connectivity index (χ4n) is 3.28. The minimum Gasteiger partial charge on any atom is -0.352 e. The molecule has 0 aliphatic rings. The number of amides is 2. The molecule has 0 bridgehead atoms. The zero-order valence-electron chi connectivity index (χ0n) is 18.3. The van der Waals surface area contributed by atoms with Gasteiger partial charge in [0, 0.05) is 12.1 Å². The van der Waals surface area contributed by atoms with Crippen molar-refractivity contribution in [1.29, 1.82) is 0 Å². The average Bonchev–Trinajstić information content (AvgIpc) is 2.67. The van der Waals surface area contributed by atoms with Crippen LogP contribution in [-0.2, 0) is 4.79 Å². The van der Waals surface area contributed by atoms with E-state index in [1.54, 1.807) is 6.07 Å². The summed E-state index contributed by atoms with van der Waals surface area (Å²) in [5.74, 6) is -0.416. The van der Waals surface area contributed by atoms with E-state index in [9.17, 15) is 9.59 Å². The van der Waals surface area contributed by atoms with Gasteiger partial charge in [-0.3, -0.25) is 9.59 Å². The topological polar surface area (TPSA) is 61.4 Å². The quantitative estimate of drug-likeness (QED) is 0.719. The van der Waals surface area contributed by atoms with Crippen LogP contribution >= 0.6 is 0 Å². The third-order valence-electron chi connectivity index (χ3n) is 5.18. The smallest absolute Gasteiger partial charge is 0.252 e. The van der Waals surface area contributed by atoms with Gasteiger partial charge in [0.2, 0.25) is 5.91 Å². The van der Waals surface area contributed by atoms with Gasteiger partial charge in [0.1, 0.15) is 6.04 Å². The van der Waals surface area contributed by atoms with Crippen molar-refractivity contribution < 1.29 is 9.59 Å². The molecule has 0 aromatic heterocycles. The molecule has 2 N–H and O–H groups in total. The molecular formula is C24H33N3O2. The molecule has 0 fully saturated rings. The summed E-state index contributed by atoms with van der Waals surface area (Å²) in [7, 11) is 3.99. The van der Waals surface area contributed by atoms with E-state index in [-0.39, 0.29) is 23.8 Å². The molecule has 5 nitrogen and oxygen atoms in total. The molecule has 0 aliphatic carbocycles. The fourth-order valence-corrected chi connectivity index (χ4v) is 3.28. The number of nitrogens with zero attached hydrogens (tertiary/aromatic N) is 1. The van der Waals surface area contributed by atoms with E-state index in [1.165, 1.54) is 5.56 Å². The normalized spacial score (nSPS) is 13.2. The Morgan fingerprint density at radius 1 is 0.966 bits per heavy atom. The second-order valence-corrected chi connectivity index (χ2v) is 8.15. The summed E-state index contributed by atoms with van der Waals surface area (Å²) in [6.45, 7) is 8.29. The molecule has 0 aliphatic heterocycles. The lowest BCUT2D eigenvalue weighted by Crippen LogP contribution is -2.51. The van der Waals surface area contributed by atoms with Crippen molar-refractivity contribution in [3.63, 3.8) is 0 Å². The number of hydrogen-bond donors (Lipinski definition) is 2. The van der Waals surface area contributed by atoms with E-state index in [0.717, 1.165) is 11.1 Å². The molecular weight excluding hydrogens is 362 g/mol. The molecule has 0 saturated heterocycles. The maximum atomic E-state index is 12.9. The van der Waals surface area contributed by atoms with E-state index < -0.39 is 6.04 Å². The highest BCUT2D eigenvalue weighted by atomic mass is 16.2. The van der Waals surface area contributed by atoms with Crippen molar-refractivity contribution in [2.45, 2.75) is 39.8 Å². The van der Waals surface area contributed by atoms with Gasteiger partial charge >= 0.3 is 0 Å². The monoisotopic (exact) mass is 395 g/mol. The maximum absolute atomic E-state index is 12.9. The minimum atomic E-state index is -0.595. The van der Waals surface area contributed by atoms with Gasteiger partial charge in [-0.2, -0.15) is 0 Å². The summed E-state index contributed by atoms with van der Waals surface area (Å²) in [5, 5.41) is 5.94. The third kappa shape index (κ3) is 6.16. The minimum absolute atomic E-state index is 0.0276. The number of carbonyl (C=O) groups is 2. The van der Waals surface area contributed by atoms with Gasteiger partial charge in [0.15, 0.2) is 0 Å². The van der Waals surface area contributed by atoms with E-state index in [0.29, 0.717) is 12.1 Å². The predicted octanol–water partition coefficient (Wildman–Crippen LogP) is 3.48. The Hall–Kier alpha value is -2.66. The first-order valence-corrected chi connectivity index (χ1v) is 10.1. The molecule has 2 aromatic rings. The largest absolute Gasteiger partial charge is 0.352 e. The molecule has 29 heavy (non-hydrogen) atoms. The van der Waals surface area contributed by atoms with Gasteiger partial charge in [-0.05, 0) is 51.1 Å². The van der Waals surface area contributed by atoms with Gasteiger partial charge in [-0.15, -0.1) is 0 Å². The lowest BCUT2D eigenvalue weighted by molar-refractivity contribution is -0.124. The summed E-state index contributed by atoms with van der Waals surface area (Å²) in [6.07, 6.45) is 0. The second kappa shape index (κ2) is 10.2. The van der Waals surface area contributed by atoms with Crippen LogP contribution in [0.25, 0.3) is 0 Å². The van der Waals surface area contributed by atoms with Crippen LogP contribution in [0.4, 0.5) is 0 Å². The molecule has 0 spiro atoms. The van der Waals surface area contributed by atoms with Crippen molar-refractivity contribution >= 4 is 11.8 Å². The van der Waals surface area contributed by atoms with Crippen LogP contribution in [0, 0.1) is 19.8 Å². The molecule has 156 valence electrons. The van der Waals surface area contributed by atoms with Crippen molar-refractivity contribution in [3.8, 4) is 0 Å². The standard InChI is InChI=1S/C24H33N3O2/c1-16(2)22(26-23(28)20-10-8-7-9-18(20)4)24(29)25-15-21(27(5)6)19-13-11-17(3)12-14-19/h7-14,16,21-22H,15H2,1-6H3,(H,25,29)(H,26,28). The van der Waals surface area contributed by atoms with Crippen LogP contribution in [-0.4, -0.2) is 43.4 Å². The first-order chi connectivity index (χ1) is 13.7. The van der Waals surface area contributed by atoms with Gasteiger partial charge in [-0.1, -0.05) is 61.9 Å². The highest BCUT2D eigenvalue weighted by Crippen LogP contribution is 2.18. The summed E-state index contributed by atoms with van der Waals surface area (Å²) >= 11 is 0. The molecule has 5 heteroatoms. The summed E-state index contributed by atoms with van der Waals surface area (Å²) in [5.41, 5.74) is 3.83. The van der Waals surface area contributed by atoms with Crippen molar-refractivity contribution in [1.82, 2.24) is 15.5 Å². The molecule has 2 unspecified atom stereocenters. The van der Waals surface area contributed by atoms with E-state index >= 15 is 0 Å². The maximum Gasteiger partial charge on any atom is 0.252 e. The van der Waals surface area contributed by atoms with Crippen molar-refractivity contribution in [2.75, 3.05) is 20.6 Å². The van der Waals surface area contributed by atoms with Gasteiger partial charge in [-0.25, -0.2) is 0 Å². The first kappa shape index (κ1) is 22.6. The van der Waals surface area contributed by atoms with Crippen LogP contribution in [0.1, 0.15) is 46.9 Å². The van der Waals surface area contributed by atoms with Crippen LogP contribution in [0.2, 0.25) is 0 Å². The number of hydrogen-bond acceptors (Lipinski definition) is 3. The Labute approximate surface area is 174 Å². The molecule has 0 heterocycles. The fraction of sp³-hybridized carbons (Fsp3) is 0.417. The average molecular weight is 396 g/mol. The highest BCUT2D eigenvalue weighted by Gasteiger charge is 2.26. The Kier molecular flexibility index (Phi) is 7.97. The van der Waals surface area contributed by atoms with Gasteiger partial charge < -0.3 is 15.5 Å². The Morgan fingerprint density at radius 2 is 1.59 bits per heavy atom. The summed E-state index contributed by atoms with van der Waals surface area (Å²) in [4.78, 5) is 27.7. The van der Waals surface area contributed by atoms with E-state index in [2.05, 4.69) is 46.7 Å². The lowest BCUT2D eigenvalue weighted by atomic mass is 10.0. The number of aryl methyl sites for hydroxylation is 2.